The lowest BCUT2D eigenvalue weighted by molar-refractivity contribution is 0.508. The monoisotopic (exact) mass is 274 g/mol. The van der Waals surface area contributed by atoms with E-state index in [4.69, 9.17) is 0 Å². The van der Waals surface area contributed by atoms with Gasteiger partial charge >= 0.3 is 0 Å². The Hall–Kier alpha value is -2.07. The second kappa shape index (κ2) is 5.28. The zero-order valence-corrected chi connectivity index (χ0v) is 11.3. The largest absolute Gasteiger partial charge is 0.506 e. The summed E-state index contributed by atoms with van der Waals surface area (Å²) in [6.07, 6.45) is 0. The van der Waals surface area contributed by atoms with E-state index in [1.54, 1.807) is 48.5 Å². The van der Waals surface area contributed by atoms with Crippen molar-refractivity contribution in [2.45, 2.75) is 11.8 Å². The Balaban J connectivity index is 2.53. The molecular weight excluding hydrogens is 260 g/mol. The van der Waals surface area contributed by atoms with Gasteiger partial charge in [0.15, 0.2) is 0 Å². The number of sulfone groups is 1. The molecule has 0 aliphatic heterocycles. The Bertz CT molecular complexity index is 687. The van der Waals surface area contributed by atoms with E-state index in [-0.39, 0.29) is 15.6 Å². The van der Waals surface area contributed by atoms with Crippen LogP contribution in [0.15, 0.2) is 70.5 Å². The van der Waals surface area contributed by atoms with Gasteiger partial charge in [-0.05, 0) is 19.1 Å². The molecule has 2 aromatic rings. The molecule has 2 rings (SSSR count). The van der Waals surface area contributed by atoms with Crippen LogP contribution in [0.4, 0.5) is 0 Å². The third-order valence-corrected chi connectivity index (χ3v) is 4.73. The molecule has 0 saturated carbocycles. The van der Waals surface area contributed by atoms with Crippen molar-refractivity contribution in [3.63, 3.8) is 0 Å². The Kier molecular flexibility index (Phi) is 3.71. The number of rotatable bonds is 3. The van der Waals surface area contributed by atoms with Crippen molar-refractivity contribution in [2.24, 2.45) is 0 Å². The standard InChI is InChI=1S/C15H14O3S/c1-12(15(16)13-8-4-2-5-9-13)19(17,18)14-10-6-3-7-11-14/h2-11,16H,1H3/b15-12-. The van der Waals surface area contributed by atoms with Crippen LogP contribution >= 0.6 is 0 Å². The average Bonchev–Trinajstić information content (AvgIpc) is 2.47. The predicted molar refractivity (Wildman–Crippen MR) is 75.3 cm³/mol. The second-order valence-corrected chi connectivity index (χ2v) is 6.18. The summed E-state index contributed by atoms with van der Waals surface area (Å²) in [6, 6.07) is 16.7. The van der Waals surface area contributed by atoms with Crippen molar-refractivity contribution in [1.82, 2.24) is 0 Å². The summed E-state index contributed by atoms with van der Waals surface area (Å²) >= 11 is 0. The molecule has 0 unspecified atom stereocenters. The maximum atomic E-state index is 12.3. The molecule has 0 spiro atoms. The predicted octanol–water partition coefficient (Wildman–Crippen LogP) is 3.41. The van der Waals surface area contributed by atoms with Crippen molar-refractivity contribution in [2.75, 3.05) is 0 Å². The first-order chi connectivity index (χ1) is 9.03. The molecule has 3 nitrogen and oxygen atoms in total. The van der Waals surface area contributed by atoms with Gasteiger partial charge in [-0.2, -0.15) is 0 Å². The zero-order chi connectivity index (χ0) is 13.9. The van der Waals surface area contributed by atoms with Crippen LogP contribution in [0, 0.1) is 0 Å². The van der Waals surface area contributed by atoms with E-state index < -0.39 is 9.84 Å². The Morgan fingerprint density at radius 2 is 1.37 bits per heavy atom. The molecule has 2 aromatic carbocycles. The van der Waals surface area contributed by atoms with Gasteiger partial charge in [-0.3, -0.25) is 0 Å². The first kappa shape index (κ1) is 13.4. The molecule has 19 heavy (non-hydrogen) atoms. The van der Waals surface area contributed by atoms with E-state index in [1.807, 2.05) is 0 Å². The van der Waals surface area contributed by atoms with Gasteiger partial charge in [0.05, 0.1) is 9.80 Å². The van der Waals surface area contributed by atoms with Crippen LogP contribution in [0.1, 0.15) is 12.5 Å². The fourth-order valence-electron chi connectivity index (χ4n) is 1.70. The van der Waals surface area contributed by atoms with Gasteiger partial charge in [0.2, 0.25) is 9.84 Å². The Morgan fingerprint density at radius 1 is 0.895 bits per heavy atom. The van der Waals surface area contributed by atoms with Crippen molar-refractivity contribution in [3.8, 4) is 0 Å². The molecule has 0 aliphatic rings. The van der Waals surface area contributed by atoms with Crippen LogP contribution in [-0.2, 0) is 9.84 Å². The summed E-state index contributed by atoms with van der Waals surface area (Å²) in [6.45, 7) is 1.41. The van der Waals surface area contributed by atoms with Gasteiger partial charge in [-0.1, -0.05) is 48.5 Å². The number of hydrogen-bond acceptors (Lipinski definition) is 3. The molecule has 1 N–H and O–H groups in total. The average molecular weight is 274 g/mol. The molecule has 4 heteroatoms. The lowest BCUT2D eigenvalue weighted by Crippen LogP contribution is -2.05. The molecule has 0 saturated heterocycles. The highest BCUT2D eigenvalue weighted by molar-refractivity contribution is 7.95. The highest BCUT2D eigenvalue weighted by atomic mass is 32.2. The summed E-state index contributed by atoms with van der Waals surface area (Å²) in [5.74, 6) is -0.218. The van der Waals surface area contributed by atoms with E-state index in [1.165, 1.54) is 19.1 Å². The van der Waals surface area contributed by atoms with Gasteiger partial charge in [0, 0.05) is 5.56 Å². The molecule has 0 bridgehead atoms. The molecule has 0 atom stereocenters. The third-order valence-electron chi connectivity index (χ3n) is 2.84. The molecule has 0 aromatic heterocycles. The summed E-state index contributed by atoms with van der Waals surface area (Å²) in [4.78, 5) is 0.125. The van der Waals surface area contributed by atoms with E-state index in [0.717, 1.165) is 0 Å². The van der Waals surface area contributed by atoms with E-state index >= 15 is 0 Å². The molecule has 0 fully saturated rings. The summed E-state index contributed by atoms with van der Waals surface area (Å²) in [5.41, 5.74) is 0.486. The zero-order valence-electron chi connectivity index (χ0n) is 10.4. The number of aliphatic hydroxyl groups excluding tert-OH is 1. The molecule has 98 valence electrons. The van der Waals surface area contributed by atoms with Crippen LogP contribution in [0.2, 0.25) is 0 Å². The fraction of sp³-hybridized carbons (Fsp3) is 0.0667. The smallest absolute Gasteiger partial charge is 0.206 e. The number of benzene rings is 2. The second-order valence-electron chi connectivity index (χ2n) is 4.09. The number of aliphatic hydroxyl groups is 1. The third kappa shape index (κ3) is 2.69. The molecule has 0 amide bonds. The number of hydrogen-bond donors (Lipinski definition) is 1. The van der Waals surface area contributed by atoms with E-state index in [0.29, 0.717) is 5.56 Å². The van der Waals surface area contributed by atoms with Gasteiger partial charge in [-0.25, -0.2) is 8.42 Å². The highest BCUT2D eigenvalue weighted by Gasteiger charge is 2.20. The summed E-state index contributed by atoms with van der Waals surface area (Å²) < 4.78 is 24.7. The minimum atomic E-state index is -3.66. The quantitative estimate of drug-likeness (QED) is 0.873. The molecular formula is C15H14O3S. The summed E-state index contributed by atoms with van der Waals surface area (Å²) in [7, 11) is -3.66. The number of allylic oxidation sites excluding steroid dienone is 1. The minimum absolute atomic E-state index is 0.0510. The van der Waals surface area contributed by atoms with Crippen LogP contribution < -0.4 is 0 Å². The van der Waals surface area contributed by atoms with Crippen LogP contribution in [0.5, 0.6) is 0 Å². The lowest BCUT2D eigenvalue weighted by atomic mass is 10.2. The SMILES string of the molecule is C/C(=C(/O)c1ccccc1)S(=O)(=O)c1ccccc1. The lowest BCUT2D eigenvalue weighted by Gasteiger charge is -2.08. The Morgan fingerprint density at radius 3 is 1.89 bits per heavy atom. The van der Waals surface area contributed by atoms with Crippen LogP contribution in [-0.4, -0.2) is 13.5 Å². The molecule has 0 heterocycles. The first-order valence-corrected chi connectivity index (χ1v) is 7.27. The normalized spacial score (nSPS) is 12.9. The van der Waals surface area contributed by atoms with Crippen molar-refractivity contribution >= 4 is 15.6 Å². The topological polar surface area (TPSA) is 54.4 Å². The van der Waals surface area contributed by atoms with Crippen LogP contribution in [0.25, 0.3) is 5.76 Å². The van der Waals surface area contributed by atoms with Gasteiger partial charge in [-0.15, -0.1) is 0 Å². The molecule has 0 aliphatic carbocycles. The maximum Gasteiger partial charge on any atom is 0.206 e. The van der Waals surface area contributed by atoms with E-state index in [9.17, 15) is 13.5 Å². The van der Waals surface area contributed by atoms with Gasteiger partial charge < -0.3 is 5.11 Å². The van der Waals surface area contributed by atoms with Crippen molar-refractivity contribution in [3.05, 3.63) is 71.1 Å². The van der Waals surface area contributed by atoms with Crippen LogP contribution in [0.3, 0.4) is 0 Å². The maximum absolute atomic E-state index is 12.3. The van der Waals surface area contributed by atoms with Gasteiger partial charge in [0.1, 0.15) is 5.76 Å². The molecule has 0 radical (unpaired) electrons. The minimum Gasteiger partial charge on any atom is -0.506 e. The van der Waals surface area contributed by atoms with Crippen molar-refractivity contribution < 1.29 is 13.5 Å². The van der Waals surface area contributed by atoms with E-state index in [2.05, 4.69) is 0 Å². The van der Waals surface area contributed by atoms with Crippen molar-refractivity contribution in [1.29, 1.82) is 0 Å². The fourth-order valence-corrected chi connectivity index (χ4v) is 2.94. The highest BCUT2D eigenvalue weighted by Crippen LogP contribution is 2.25. The Labute approximate surface area is 112 Å². The van der Waals surface area contributed by atoms with Gasteiger partial charge in [0.25, 0.3) is 0 Å². The summed E-state index contributed by atoms with van der Waals surface area (Å²) in [5, 5.41) is 10.1. The first-order valence-electron chi connectivity index (χ1n) is 5.79.